The first-order valence-corrected chi connectivity index (χ1v) is 6.35. The first kappa shape index (κ1) is 12.0. The minimum Gasteiger partial charge on any atom is -0.339 e. The van der Waals surface area contributed by atoms with Crippen LogP contribution >= 0.6 is 0 Å². The minimum atomic E-state index is 0.0716. The van der Waals surface area contributed by atoms with Gasteiger partial charge >= 0.3 is 0 Å². The van der Waals surface area contributed by atoms with E-state index in [9.17, 15) is 4.79 Å². The molecular weight excluding hydrogens is 214 g/mol. The maximum atomic E-state index is 12.2. The van der Waals surface area contributed by atoms with Crippen LogP contribution in [0.2, 0.25) is 0 Å². The van der Waals surface area contributed by atoms with E-state index in [4.69, 9.17) is 0 Å². The van der Waals surface area contributed by atoms with Crippen molar-refractivity contribution >= 4 is 5.91 Å². The van der Waals surface area contributed by atoms with Gasteiger partial charge in [0.15, 0.2) is 0 Å². The molecule has 1 unspecified atom stereocenters. The van der Waals surface area contributed by atoms with Gasteiger partial charge in [0.05, 0.1) is 5.56 Å². The summed E-state index contributed by atoms with van der Waals surface area (Å²) in [6.07, 6.45) is 9.33. The molecule has 0 aliphatic carbocycles. The number of amides is 1. The Kier molecular flexibility index (Phi) is 4.07. The molecular formula is C13H19N3O. The predicted molar refractivity (Wildman–Crippen MR) is 65.6 cm³/mol. The number of likely N-dealkylation sites (tertiary alicyclic amines) is 1. The van der Waals surface area contributed by atoms with E-state index in [1.54, 1.807) is 12.4 Å². The second-order valence-electron chi connectivity index (χ2n) is 4.62. The monoisotopic (exact) mass is 233 g/mol. The molecule has 1 amide bonds. The van der Waals surface area contributed by atoms with Crippen molar-refractivity contribution in [3.63, 3.8) is 0 Å². The summed E-state index contributed by atoms with van der Waals surface area (Å²) in [6.45, 7) is 3.96. The third-order valence-corrected chi connectivity index (χ3v) is 3.52. The van der Waals surface area contributed by atoms with Crippen molar-refractivity contribution in [3.8, 4) is 0 Å². The Bertz CT molecular complexity index is 366. The molecule has 0 N–H and O–H groups in total. The quantitative estimate of drug-likeness (QED) is 0.786. The molecule has 1 aromatic heterocycles. The fraction of sp³-hybridized carbons (Fsp3) is 0.615. The lowest BCUT2D eigenvalue weighted by atomic mass is 9.98. The number of rotatable bonds is 2. The van der Waals surface area contributed by atoms with Crippen molar-refractivity contribution in [2.45, 2.75) is 32.6 Å². The molecule has 0 spiro atoms. The van der Waals surface area contributed by atoms with Crippen molar-refractivity contribution < 1.29 is 4.79 Å². The van der Waals surface area contributed by atoms with Gasteiger partial charge in [-0.25, -0.2) is 9.97 Å². The van der Waals surface area contributed by atoms with E-state index < -0.39 is 0 Å². The maximum absolute atomic E-state index is 12.2. The highest BCUT2D eigenvalue weighted by Crippen LogP contribution is 2.21. The molecule has 2 rings (SSSR count). The Labute approximate surface area is 102 Å². The summed E-state index contributed by atoms with van der Waals surface area (Å²) < 4.78 is 0. The molecule has 0 saturated carbocycles. The summed E-state index contributed by atoms with van der Waals surface area (Å²) in [5, 5.41) is 0. The van der Waals surface area contributed by atoms with E-state index in [-0.39, 0.29) is 5.91 Å². The SMILES string of the molecule is CCC1CCCN(C(=O)c2cncnc2)CC1. The Balaban J connectivity index is 2.01. The molecule has 1 aromatic rings. The highest BCUT2D eigenvalue weighted by molar-refractivity contribution is 5.93. The topological polar surface area (TPSA) is 46.1 Å². The highest BCUT2D eigenvalue weighted by atomic mass is 16.2. The summed E-state index contributed by atoms with van der Waals surface area (Å²) in [5.41, 5.74) is 0.599. The summed E-state index contributed by atoms with van der Waals surface area (Å²) in [7, 11) is 0. The zero-order valence-electron chi connectivity index (χ0n) is 10.3. The molecule has 92 valence electrons. The van der Waals surface area contributed by atoms with Crippen molar-refractivity contribution in [2.24, 2.45) is 5.92 Å². The third kappa shape index (κ3) is 3.02. The summed E-state index contributed by atoms with van der Waals surface area (Å²) in [6, 6.07) is 0. The van der Waals surface area contributed by atoms with Gasteiger partial charge in [-0.15, -0.1) is 0 Å². The van der Waals surface area contributed by atoms with Crippen LogP contribution in [-0.2, 0) is 0 Å². The molecule has 0 aromatic carbocycles. The van der Waals surface area contributed by atoms with Crippen LogP contribution in [0.4, 0.5) is 0 Å². The molecule has 1 fully saturated rings. The van der Waals surface area contributed by atoms with Gasteiger partial charge in [-0.3, -0.25) is 4.79 Å². The minimum absolute atomic E-state index is 0.0716. The standard InChI is InChI=1S/C13H19N3O/c1-2-11-4-3-6-16(7-5-11)13(17)12-8-14-10-15-9-12/h8-11H,2-7H2,1H3. The van der Waals surface area contributed by atoms with Crippen LogP contribution in [0.15, 0.2) is 18.7 Å². The van der Waals surface area contributed by atoms with Crippen LogP contribution in [0, 0.1) is 5.92 Å². The third-order valence-electron chi connectivity index (χ3n) is 3.52. The van der Waals surface area contributed by atoms with Gasteiger partial charge in [-0.2, -0.15) is 0 Å². The first-order chi connectivity index (χ1) is 8.31. The second-order valence-corrected chi connectivity index (χ2v) is 4.62. The van der Waals surface area contributed by atoms with Crippen molar-refractivity contribution in [3.05, 3.63) is 24.3 Å². The normalized spacial score (nSPS) is 21.0. The van der Waals surface area contributed by atoms with Crippen LogP contribution in [-0.4, -0.2) is 33.9 Å². The van der Waals surface area contributed by atoms with Crippen LogP contribution < -0.4 is 0 Å². The average molecular weight is 233 g/mol. The first-order valence-electron chi connectivity index (χ1n) is 6.35. The van der Waals surface area contributed by atoms with E-state index in [2.05, 4.69) is 16.9 Å². The Morgan fingerprint density at radius 1 is 1.35 bits per heavy atom. The van der Waals surface area contributed by atoms with Gasteiger partial charge in [0.1, 0.15) is 6.33 Å². The van der Waals surface area contributed by atoms with Gasteiger partial charge in [-0.1, -0.05) is 13.3 Å². The molecule has 2 heterocycles. The lowest BCUT2D eigenvalue weighted by molar-refractivity contribution is 0.0759. The fourth-order valence-corrected chi connectivity index (χ4v) is 2.37. The molecule has 1 atom stereocenters. The van der Waals surface area contributed by atoms with Crippen LogP contribution in [0.5, 0.6) is 0 Å². The molecule has 0 bridgehead atoms. The summed E-state index contributed by atoms with van der Waals surface area (Å²) >= 11 is 0. The zero-order valence-corrected chi connectivity index (χ0v) is 10.3. The van der Waals surface area contributed by atoms with Gasteiger partial charge in [0, 0.05) is 25.5 Å². The Morgan fingerprint density at radius 3 is 2.82 bits per heavy atom. The van der Waals surface area contributed by atoms with Gasteiger partial charge < -0.3 is 4.90 Å². The fourth-order valence-electron chi connectivity index (χ4n) is 2.37. The van der Waals surface area contributed by atoms with Crippen molar-refractivity contribution in [1.82, 2.24) is 14.9 Å². The van der Waals surface area contributed by atoms with Gasteiger partial charge in [0.25, 0.3) is 5.91 Å². The van der Waals surface area contributed by atoms with Crippen LogP contribution in [0.3, 0.4) is 0 Å². The summed E-state index contributed by atoms with van der Waals surface area (Å²) in [5.74, 6) is 0.849. The van der Waals surface area contributed by atoms with Crippen LogP contribution in [0.1, 0.15) is 43.0 Å². The maximum Gasteiger partial charge on any atom is 0.256 e. The lowest BCUT2D eigenvalue weighted by Gasteiger charge is -2.20. The number of hydrogen-bond donors (Lipinski definition) is 0. The van der Waals surface area contributed by atoms with E-state index in [1.165, 1.54) is 19.2 Å². The molecule has 4 heteroatoms. The largest absolute Gasteiger partial charge is 0.339 e. The average Bonchev–Trinajstić information content (AvgIpc) is 2.64. The van der Waals surface area contributed by atoms with E-state index in [0.29, 0.717) is 5.56 Å². The molecule has 1 saturated heterocycles. The molecule has 0 radical (unpaired) electrons. The van der Waals surface area contributed by atoms with Crippen molar-refractivity contribution in [1.29, 1.82) is 0 Å². The van der Waals surface area contributed by atoms with Crippen LogP contribution in [0.25, 0.3) is 0 Å². The lowest BCUT2D eigenvalue weighted by Crippen LogP contribution is -2.32. The number of carbonyl (C=O) groups excluding carboxylic acids is 1. The smallest absolute Gasteiger partial charge is 0.256 e. The Morgan fingerprint density at radius 2 is 2.12 bits per heavy atom. The number of aromatic nitrogens is 2. The van der Waals surface area contributed by atoms with Gasteiger partial charge in [0.2, 0.25) is 0 Å². The van der Waals surface area contributed by atoms with Gasteiger partial charge in [-0.05, 0) is 25.2 Å². The van der Waals surface area contributed by atoms with Crippen molar-refractivity contribution in [2.75, 3.05) is 13.1 Å². The number of hydrogen-bond acceptors (Lipinski definition) is 3. The number of carbonyl (C=O) groups is 1. The van der Waals surface area contributed by atoms with E-state index in [0.717, 1.165) is 31.8 Å². The molecule has 4 nitrogen and oxygen atoms in total. The number of nitrogens with zero attached hydrogens (tertiary/aromatic N) is 3. The predicted octanol–water partition coefficient (Wildman–Crippen LogP) is 2.13. The zero-order chi connectivity index (χ0) is 12.1. The van der Waals surface area contributed by atoms with E-state index in [1.807, 2.05) is 4.90 Å². The Hall–Kier alpha value is -1.45. The summed E-state index contributed by atoms with van der Waals surface area (Å²) in [4.78, 5) is 21.9. The second kappa shape index (κ2) is 5.75. The molecule has 1 aliphatic rings. The highest BCUT2D eigenvalue weighted by Gasteiger charge is 2.20. The molecule has 17 heavy (non-hydrogen) atoms. The molecule has 1 aliphatic heterocycles. The van der Waals surface area contributed by atoms with E-state index >= 15 is 0 Å².